The topological polar surface area (TPSA) is 94.3 Å². The van der Waals surface area contributed by atoms with Crippen LogP contribution in [0, 0.1) is 10.1 Å². The highest BCUT2D eigenvalue weighted by molar-refractivity contribution is 5.17. The number of nitro groups is 1. The first-order valence-electron chi connectivity index (χ1n) is 4.88. The Morgan fingerprint density at radius 3 is 2.87 bits per heavy atom. The smallest absolute Gasteiger partial charge is 0.404 e. The zero-order valence-corrected chi connectivity index (χ0v) is 8.44. The molecular formula is C9H15N3O3. The van der Waals surface area contributed by atoms with Gasteiger partial charge in [0, 0.05) is 0 Å². The number of unbranched alkanes of at least 4 members (excludes halogenated alkanes) is 1. The van der Waals surface area contributed by atoms with E-state index in [0.29, 0.717) is 18.8 Å². The fraction of sp³-hybridized carbons (Fsp3) is 0.556. The van der Waals surface area contributed by atoms with E-state index < -0.39 is 4.92 Å². The van der Waals surface area contributed by atoms with Gasteiger partial charge in [0.1, 0.15) is 10.7 Å². The molecule has 1 aromatic rings. The Bertz CT molecular complexity index is 311. The standard InChI is InChI=1S/C9H15N3O3/c10-5-1-2-6-11-7-8-3-4-9(15-8)12(13)14/h3-4,11H,1-2,5-7,10H2. The molecule has 0 fully saturated rings. The molecule has 1 aromatic heterocycles. The van der Waals surface area contributed by atoms with Gasteiger partial charge in [0.05, 0.1) is 12.6 Å². The molecule has 0 saturated carbocycles. The van der Waals surface area contributed by atoms with Crippen LogP contribution in [0.15, 0.2) is 16.5 Å². The predicted octanol–water partition coefficient (Wildman–Crippen LogP) is 1.02. The number of nitrogens with two attached hydrogens (primary N) is 1. The van der Waals surface area contributed by atoms with E-state index in [1.165, 1.54) is 6.07 Å². The van der Waals surface area contributed by atoms with Crippen LogP contribution in [0.4, 0.5) is 5.88 Å². The summed E-state index contributed by atoms with van der Waals surface area (Å²) < 4.78 is 4.97. The normalized spacial score (nSPS) is 10.5. The molecule has 0 aliphatic heterocycles. The van der Waals surface area contributed by atoms with Crippen LogP contribution in [0.2, 0.25) is 0 Å². The SMILES string of the molecule is NCCCCNCc1ccc([N+](=O)[O-])o1. The maximum Gasteiger partial charge on any atom is 0.433 e. The van der Waals surface area contributed by atoms with Crippen molar-refractivity contribution in [3.05, 3.63) is 28.0 Å². The van der Waals surface area contributed by atoms with Crippen LogP contribution in [0.5, 0.6) is 0 Å². The summed E-state index contributed by atoms with van der Waals surface area (Å²) in [6, 6.07) is 2.96. The molecule has 0 saturated heterocycles. The number of hydrogen-bond acceptors (Lipinski definition) is 5. The van der Waals surface area contributed by atoms with Crippen molar-refractivity contribution in [2.24, 2.45) is 5.73 Å². The lowest BCUT2D eigenvalue weighted by Gasteiger charge is -2.00. The van der Waals surface area contributed by atoms with Crippen molar-refractivity contribution in [3.8, 4) is 0 Å². The molecule has 0 aliphatic carbocycles. The minimum absolute atomic E-state index is 0.214. The molecule has 0 aromatic carbocycles. The van der Waals surface area contributed by atoms with Crippen LogP contribution in [0.25, 0.3) is 0 Å². The third-order valence-corrected chi connectivity index (χ3v) is 1.93. The quantitative estimate of drug-likeness (QED) is 0.400. The summed E-state index contributed by atoms with van der Waals surface area (Å²) in [6.07, 6.45) is 1.98. The first kappa shape index (κ1) is 11.7. The van der Waals surface area contributed by atoms with E-state index in [-0.39, 0.29) is 5.88 Å². The third kappa shape index (κ3) is 4.09. The van der Waals surface area contributed by atoms with Crippen molar-refractivity contribution in [3.63, 3.8) is 0 Å². The first-order chi connectivity index (χ1) is 7.24. The molecule has 6 heteroatoms. The van der Waals surface area contributed by atoms with Crippen LogP contribution < -0.4 is 11.1 Å². The second-order valence-corrected chi connectivity index (χ2v) is 3.17. The van der Waals surface area contributed by atoms with Crippen molar-refractivity contribution in [1.82, 2.24) is 5.32 Å². The summed E-state index contributed by atoms with van der Waals surface area (Å²) in [5.41, 5.74) is 5.34. The van der Waals surface area contributed by atoms with Gasteiger partial charge in [0.15, 0.2) is 0 Å². The minimum Gasteiger partial charge on any atom is -0.404 e. The highest BCUT2D eigenvalue weighted by atomic mass is 16.6. The van der Waals surface area contributed by atoms with Gasteiger partial charge in [-0.1, -0.05) is 0 Å². The number of nitrogens with one attached hydrogen (secondary N) is 1. The third-order valence-electron chi connectivity index (χ3n) is 1.93. The monoisotopic (exact) mass is 213 g/mol. The Morgan fingerprint density at radius 1 is 1.47 bits per heavy atom. The summed E-state index contributed by atoms with van der Waals surface area (Å²) in [4.78, 5) is 9.76. The van der Waals surface area contributed by atoms with E-state index >= 15 is 0 Å². The molecule has 0 unspecified atom stereocenters. The zero-order chi connectivity index (χ0) is 11.1. The second kappa shape index (κ2) is 6.15. The summed E-state index contributed by atoms with van der Waals surface area (Å²) in [7, 11) is 0. The molecule has 3 N–H and O–H groups in total. The highest BCUT2D eigenvalue weighted by Crippen LogP contribution is 2.14. The summed E-state index contributed by atoms with van der Waals surface area (Å²) in [5, 5.41) is 13.4. The molecule has 0 amide bonds. The molecule has 15 heavy (non-hydrogen) atoms. The Morgan fingerprint density at radius 2 is 2.27 bits per heavy atom. The van der Waals surface area contributed by atoms with Crippen LogP contribution in [0.1, 0.15) is 18.6 Å². The summed E-state index contributed by atoms with van der Waals surface area (Å²) in [5.74, 6) is 0.364. The average molecular weight is 213 g/mol. The lowest BCUT2D eigenvalue weighted by atomic mass is 10.3. The van der Waals surface area contributed by atoms with Gasteiger partial charge in [-0.05, 0) is 32.0 Å². The maximum atomic E-state index is 10.3. The van der Waals surface area contributed by atoms with E-state index in [0.717, 1.165) is 19.4 Å². The molecule has 0 atom stereocenters. The zero-order valence-electron chi connectivity index (χ0n) is 8.44. The highest BCUT2D eigenvalue weighted by Gasteiger charge is 2.10. The molecule has 0 bridgehead atoms. The largest absolute Gasteiger partial charge is 0.433 e. The number of hydrogen-bond donors (Lipinski definition) is 2. The van der Waals surface area contributed by atoms with Crippen molar-refractivity contribution in [1.29, 1.82) is 0 Å². The van der Waals surface area contributed by atoms with Crippen LogP contribution in [0.3, 0.4) is 0 Å². The number of nitrogens with zero attached hydrogens (tertiary/aromatic N) is 1. The average Bonchev–Trinajstić information content (AvgIpc) is 2.66. The Hall–Kier alpha value is -1.40. The summed E-state index contributed by atoms with van der Waals surface area (Å²) in [6.45, 7) is 2.04. The number of furan rings is 1. The van der Waals surface area contributed by atoms with E-state index in [1.54, 1.807) is 6.07 Å². The molecule has 0 aliphatic rings. The van der Waals surface area contributed by atoms with E-state index in [9.17, 15) is 10.1 Å². The molecular weight excluding hydrogens is 198 g/mol. The van der Waals surface area contributed by atoms with Crippen molar-refractivity contribution in [2.45, 2.75) is 19.4 Å². The lowest BCUT2D eigenvalue weighted by Crippen LogP contribution is -2.15. The van der Waals surface area contributed by atoms with Gasteiger partial charge in [-0.3, -0.25) is 10.1 Å². The van der Waals surface area contributed by atoms with Gasteiger partial charge in [0.25, 0.3) is 0 Å². The summed E-state index contributed by atoms with van der Waals surface area (Å²) >= 11 is 0. The molecule has 84 valence electrons. The molecule has 6 nitrogen and oxygen atoms in total. The number of rotatable bonds is 7. The van der Waals surface area contributed by atoms with Gasteiger partial charge < -0.3 is 15.5 Å². The second-order valence-electron chi connectivity index (χ2n) is 3.17. The van der Waals surface area contributed by atoms with Gasteiger partial charge in [-0.15, -0.1) is 0 Å². The van der Waals surface area contributed by atoms with Crippen LogP contribution >= 0.6 is 0 Å². The van der Waals surface area contributed by atoms with E-state index in [2.05, 4.69) is 5.32 Å². The Kier molecular flexibility index (Phi) is 4.79. The van der Waals surface area contributed by atoms with E-state index in [4.69, 9.17) is 10.2 Å². The van der Waals surface area contributed by atoms with Gasteiger partial charge >= 0.3 is 5.88 Å². The molecule has 0 radical (unpaired) electrons. The first-order valence-corrected chi connectivity index (χ1v) is 4.88. The van der Waals surface area contributed by atoms with Crippen molar-refractivity contribution in [2.75, 3.05) is 13.1 Å². The fourth-order valence-corrected chi connectivity index (χ4v) is 1.17. The molecule has 1 rings (SSSR count). The van der Waals surface area contributed by atoms with Gasteiger partial charge in [0.2, 0.25) is 0 Å². The Balaban J connectivity index is 2.23. The molecule has 0 spiro atoms. The van der Waals surface area contributed by atoms with Crippen molar-refractivity contribution >= 4 is 5.88 Å². The van der Waals surface area contributed by atoms with Crippen molar-refractivity contribution < 1.29 is 9.34 Å². The molecule has 1 heterocycles. The van der Waals surface area contributed by atoms with Crippen LogP contribution in [-0.2, 0) is 6.54 Å². The Labute approximate surface area is 87.6 Å². The fourth-order valence-electron chi connectivity index (χ4n) is 1.17. The van der Waals surface area contributed by atoms with E-state index in [1.807, 2.05) is 0 Å². The van der Waals surface area contributed by atoms with Gasteiger partial charge in [-0.2, -0.15) is 0 Å². The lowest BCUT2D eigenvalue weighted by molar-refractivity contribution is -0.402. The van der Waals surface area contributed by atoms with Gasteiger partial charge in [-0.25, -0.2) is 0 Å². The minimum atomic E-state index is -0.544. The van der Waals surface area contributed by atoms with Crippen LogP contribution in [-0.4, -0.2) is 18.0 Å². The maximum absolute atomic E-state index is 10.3. The predicted molar refractivity (Wildman–Crippen MR) is 55.4 cm³/mol.